The summed E-state index contributed by atoms with van der Waals surface area (Å²) in [5.74, 6) is -2.42. The van der Waals surface area contributed by atoms with Crippen molar-refractivity contribution in [3.63, 3.8) is 0 Å². The van der Waals surface area contributed by atoms with Gasteiger partial charge in [-0.05, 0) is 22.9 Å². The topological polar surface area (TPSA) is 110 Å². The Morgan fingerprint density at radius 1 is 1.27 bits per heavy atom. The molecule has 2 N–H and O–H groups in total. The van der Waals surface area contributed by atoms with Crippen molar-refractivity contribution >= 4 is 11.9 Å². The van der Waals surface area contributed by atoms with Crippen LogP contribution in [0, 0.1) is 6.92 Å². The van der Waals surface area contributed by atoms with Crippen LogP contribution in [-0.2, 0) is 16.0 Å². The third-order valence-electron chi connectivity index (χ3n) is 3.58. The van der Waals surface area contributed by atoms with Crippen LogP contribution in [0.4, 0.5) is 13.2 Å². The minimum absolute atomic E-state index is 0.0803. The number of carboxylic acid groups (broad SMARTS) is 1. The molecule has 11 heteroatoms. The molecule has 2 atom stereocenters. The number of aliphatic carboxylic acids is 1. The van der Waals surface area contributed by atoms with Crippen LogP contribution in [-0.4, -0.2) is 49.4 Å². The van der Waals surface area contributed by atoms with E-state index in [1.54, 1.807) is 30.3 Å². The summed E-state index contributed by atoms with van der Waals surface area (Å²) in [5, 5.41) is 21.7. The number of carbonyl (C=O) groups excluding carboxylic acids is 1. The molecule has 26 heavy (non-hydrogen) atoms. The lowest BCUT2D eigenvalue weighted by atomic mass is 10.0. The third-order valence-corrected chi connectivity index (χ3v) is 3.58. The number of hydrogen-bond acceptors (Lipinski definition) is 5. The number of benzene rings is 1. The Kier molecular flexibility index (Phi) is 5.90. The molecular formula is C15H16F3N5O3. The second-order valence-electron chi connectivity index (χ2n) is 5.59. The first-order valence-corrected chi connectivity index (χ1v) is 7.55. The smallest absolute Gasteiger partial charge is 0.391 e. The van der Waals surface area contributed by atoms with Crippen LogP contribution < -0.4 is 5.32 Å². The Balaban J connectivity index is 2.25. The fourth-order valence-electron chi connectivity index (χ4n) is 2.35. The molecule has 1 amide bonds. The number of rotatable bonds is 7. The zero-order valence-electron chi connectivity index (χ0n) is 13.6. The van der Waals surface area contributed by atoms with Gasteiger partial charge in [-0.2, -0.15) is 13.2 Å². The average Bonchev–Trinajstić information content (AvgIpc) is 2.97. The largest absolute Gasteiger partial charge is 0.480 e. The molecule has 8 nitrogen and oxygen atoms in total. The van der Waals surface area contributed by atoms with Crippen LogP contribution in [0.15, 0.2) is 30.3 Å². The predicted octanol–water partition coefficient (Wildman–Crippen LogP) is 1.29. The van der Waals surface area contributed by atoms with Gasteiger partial charge in [0.05, 0.1) is 6.42 Å². The normalized spacial score (nSPS) is 13.8. The van der Waals surface area contributed by atoms with Crippen molar-refractivity contribution in [1.82, 2.24) is 25.5 Å². The van der Waals surface area contributed by atoms with E-state index in [-0.39, 0.29) is 12.2 Å². The summed E-state index contributed by atoms with van der Waals surface area (Å²) < 4.78 is 38.8. The summed E-state index contributed by atoms with van der Waals surface area (Å²) >= 11 is 0. The number of tetrazole rings is 1. The number of nitrogens with one attached hydrogen (secondary N) is 1. The highest BCUT2D eigenvalue weighted by Gasteiger charge is 2.37. The third kappa shape index (κ3) is 5.26. The zero-order chi connectivity index (χ0) is 19.3. The Bertz CT molecular complexity index is 763. The van der Waals surface area contributed by atoms with Gasteiger partial charge in [0.1, 0.15) is 17.9 Å². The molecule has 140 valence electrons. The second-order valence-corrected chi connectivity index (χ2v) is 5.59. The van der Waals surface area contributed by atoms with Crippen LogP contribution in [0.25, 0.3) is 0 Å². The van der Waals surface area contributed by atoms with E-state index in [0.717, 1.165) is 4.68 Å². The monoisotopic (exact) mass is 371 g/mol. The van der Waals surface area contributed by atoms with Crippen molar-refractivity contribution in [3.05, 3.63) is 41.7 Å². The van der Waals surface area contributed by atoms with Crippen molar-refractivity contribution in [2.45, 2.75) is 38.0 Å². The van der Waals surface area contributed by atoms with Gasteiger partial charge in [0.25, 0.3) is 0 Å². The van der Waals surface area contributed by atoms with E-state index in [9.17, 15) is 22.8 Å². The van der Waals surface area contributed by atoms with Crippen molar-refractivity contribution < 1.29 is 27.9 Å². The molecule has 1 aromatic heterocycles. The highest BCUT2D eigenvalue weighted by atomic mass is 19.4. The lowest BCUT2D eigenvalue weighted by molar-refractivity contribution is -0.160. The number of halogens is 3. The Morgan fingerprint density at radius 3 is 2.42 bits per heavy atom. The molecule has 2 unspecified atom stereocenters. The Hall–Kier alpha value is -2.98. The summed E-state index contributed by atoms with van der Waals surface area (Å²) in [4.78, 5) is 23.6. The summed E-state index contributed by atoms with van der Waals surface area (Å²) in [6.45, 7) is 1.52. The van der Waals surface area contributed by atoms with Crippen molar-refractivity contribution in [2.24, 2.45) is 0 Å². The Labute approximate surface area is 146 Å². The molecule has 0 fully saturated rings. The molecule has 0 aliphatic carbocycles. The molecular weight excluding hydrogens is 355 g/mol. The maximum atomic E-state index is 12.5. The van der Waals surface area contributed by atoms with E-state index in [1.807, 2.05) is 5.32 Å². The summed E-state index contributed by atoms with van der Waals surface area (Å²) in [5.41, 5.74) is 0.713. The number of alkyl halides is 3. The first-order valence-electron chi connectivity index (χ1n) is 7.55. The van der Waals surface area contributed by atoms with Crippen molar-refractivity contribution in [3.8, 4) is 0 Å². The van der Waals surface area contributed by atoms with E-state index in [0.29, 0.717) is 5.56 Å². The number of aryl methyl sites for hydroxylation is 1. The molecule has 2 rings (SSSR count). The lowest BCUT2D eigenvalue weighted by Crippen LogP contribution is -2.47. The molecule has 0 saturated heterocycles. The zero-order valence-corrected chi connectivity index (χ0v) is 13.6. The Morgan fingerprint density at radius 2 is 1.92 bits per heavy atom. The van der Waals surface area contributed by atoms with Gasteiger partial charge in [-0.1, -0.05) is 30.3 Å². The van der Waals surface area contributed by atoms with E-state index in [1.165, 1.54) is 6.92 Å². The molecule has 2 aromatic rings. The predicted molar refractivity (Wildman–Crippen MR) is 82.0 cm³/mol. The first kappa shape index (κ1) is 19.3. The van der Waals surface area contributed by atoms with Gasteiger partial charge in [-0.3, -0.25) is 4.79 Å². The van der Waals surface area contributed by atoms with Crippen LogP contribution >= 0.6 is 0 Å². The highest BCUT2D eigenvalue weighted by molar-refractivity contribution is 5.86. The molecule has 0 spiro atoms. The fraction of sp³-hybridized carbons (Fsp3) is 0.400. The van der Waals surface area contributed by atoms with E-state index in [2.05, 4.69) is 15.5 Å². The summed E-state index contributed by atoms with van der Waals surface area (Å²) in [7, 11) is 0. The van der Waals surface area contributed by atoms with Gasteiger partial charge >= 0.3 is 12.1 Å². The average molecular weight is 371 g/mol. The quantitative estimate of drug-likeness (QED) is 0.759. The van der Waals surface area contributed by atoms with Gasteiger partial charge in [0, 0.05) is 6.42 Å². The highest BCUT2D eigenvalue weighted by Crippen LogP contribution is 2.22. The fourth-order valence-corrected chi connectivity index (χ4v) is 2.35. The molecule has 0 aliphatic rings. The summed E-state index contributed by atoms with van der Waals surface area (Å²) in [6.07, 6.45) is -6.34. The van der Waals surface area contributed by atoms with Crippen molar-refractivity contribution in [1.29, 1.82) is 0 Å². The van der Waals surface area contributed by atoms with E-state index >= 15 is 0 Å². The maximum absolute atomic E-state index is 12.5. The molecule has 0 radical (unpaired) electrons. The minimum Gasteiger partial charge on any atom is -0.480 e. The number of hydrogen-bond donors (Lipinski definition) is 2. The van der Waals surface area contributed by atoms with Gasteiger partial charge in [0.15, 0.2) is 0 Å². The van der Waals surface area contributed by atoms with Gasteiger partial charge < -0.3 is 10.4 Å². The molecule has 0 saturated carbocycles. The molecule has 1 heterocycles. The van der Waals surface area contributed by atoms with Gasteiger partial charge in [-0.25, -0.2) is 9.48 Å². The maximum Gasteiger partial charge on any atom is 0.391 e. The van der Waals surface area contributed by atoms with Crippen LogP contribution in [0.1, 0.15) is 23.9 Å². The molecule has 0 bridgehead atoms. The molecule has 1 aromatic carbocycles. The van der Waals surface area contributed by atoms with Crippen LogP contribution in [0.3, 0.4) is 0 Å². The lowest BCUT2D eigenvalue weighted by Gasteiger charge is -2.21. The van der Waals surface area contributed by atoms with Crippen LogP contribution in [0.5, 0.6) is 0 Å². The van der Waals surface area contributed by atoms with Gasteiger partial charge in [0.2, 0.25) is 5.91 Å². The number of carboxylic acids is 1. The first-order chi connectivity index (χ1) is 12.2. The van der Waals surface area contributed by atoms with Gasteiger partial charge in [-0.15, -0.1) is 5.10 Å². The standard InChI is InChI=1S/C15H16F3N5O3/c1-9-20-21-22-23(9)12(7-10-5-3-2-4-6-10)13(24)19-11(14(25)26)8-15(16,17)18/h2-6,11-12H,7-8H2,1H3,(H,19,24)(H,25,26). The van der Waals surface area contributed by atoms with E-state index in [4.69, 9.17) is 5.11 Å². The molecule has 0 aliphatic heterocycles. The second kappa shape index (κ2) is 7.93. The number of aromatic nitrogens is 4. The van der Waals surface area contributed by atoms with E-state index < -0.39 is 36.6 Å². The number of carbonyl (C=O) groups is 2. The number of nitrogens with zero attached hydrogens (tertiary/aromatic N) is 4. The summed E-state index contributed by atoms with van der Waals surface area (Å²) in [6, 6.07) is 5.50. The minimum atomic E-state index is -4.74. The SMILES string of the molecule is Cc1nnnn1C(Cc1ccccc1)C(=O)NC(CC(F)(F)F)C(=O)O. The van der Waals surface area contributed by atoms with Crippen molar-refractivity contribution in [2.75, 3.05) is 0 Å². The van der Waals surface area contributed by atoms with Crippen LogP contribution in [0.2, 0.25) is 0 Å². The number of amides is 1.